The summed E-state index contributed by atoms with van der Waals surface area (Å²) in [6, 6.07) is 7.28. The Bertz CT molecular complexity index is 755. The van der Waals surface area contributed by atoms with Crippen LogP contribution in [0.2, 0.25) is 0 Å². The first-order valence-electron chi connectivity index (χ1n) is 8.20. The number of rotatable bonds is 6. The molecule has 0 aliphatic rings. The monoisotopic (exact) mass is 341 g/mol. The maximum absolute atomic E-state index is 12.0. The van der Waals surface area contributed by atoms with Gasteiger partial charge in [0.05, 0.1) is 6.61 Å². The van der Waals surface area contributed by atoms with Gasteiger partial charge in [0.2, 0.25) is 5.69 Å². The molecule has 2 aromatic rings. The fourth-order valence-corrected chi connectivity index (χ4v) is 2.19. The number of aromatic nitrogens is 2. The van der Waals surface area contributed by atoms with E-state index in [1.165, 1.54) is 12.3 Å². The molecule has 0 aliphatic heterocycles. The maximum Gasteiger partial charge on any atom is 0.344 e. The second-order valence-corrected chi connectivity index (χ2v) is 5.84. The third-order valence-electron chi connectivity index (χ3n) is 3.83. The van der Waals surface area contributed by atoms with Crippen LogP contribution in [0, 0.1) is 5.21 Å². The van der Waals surface area contributed by atoms with Crippen LogP contribution in [0.15, 0.2) is 36.7 Å². The van der Waals surface area contributed by atoms with Crippen molar-refractivity contribution in [2.75, 3.05) is 18.6 Å². The third kappa shape index (κ3) is 4.56. The summed E-state index contributed by atoms with van der Waals surface area (Å²) >= 11 is 0. The lowest BCUT2D eigenvalue weighted by Crippen LogP contribution is -2.31. The highest BCUT2D eigenvalue weighted by atomic mass is 16.5. The highest BCUT2D eigenvalue weighted by Gasteiger charge is 2.17. The topological polar surface area (TPSA) is 69.4 Å². The molecule has 0 saturated carbocycles. The van der Waals surface area contributed by atoms with Crippen molar-refractivity contribution in [3.63, 3.8) is 0 Å². The lowest BCUT2D eigenvalue weighted by Gasteiger charge is -2.22. The van der Waals surface area contributed by atoms with Crippen molar-refractivity contribution in [3.8, 4) is 0 Å². The minimum Gasteiger partial charge on any atom is -0.618 e. The number of hydrogen-bond donors (Lipinski definition) is 0. The molecule has 0 saturated heterocycles. The number of hydrogen-bond acceptors (Lipinski definition) is 5. The molecule has 0 spiro atoms. The number of ether oxygens (including phenoxy) is 1. The van der Waals surface area contributed by atoms with Crippen molar-refractivity contribution in [2.45, 2.75) is 26.8 Å². The van der Waals surface area contributed by atoms with E-state index in [1.807, 2.05) is 19.2 Å². The summed E-state index contributed by atoms with van der Waals surface area (Å²) in [5, 5.41) is 12.0. The Morgan fingerprint density at radius 2 is 2.12 bits per heavy atom. The number of anilines is 1. The van der Waals surface area contributed by atoms with Gasteiger partial charge in [-0.2, -0.15) is 4.73 Å². The minimum absolute atomic E-state index is 0.236. The molecule has 2 aromatic heterocycles. The van der Waals surface area contributed by atoms with Crippen molar-refractivity contribution in [1.29, 1.82) is 0 Å². The number of nitrogens with zero attached hydrogens (tertiary/aromatic N) is 3. The highest BCUT2D eigenvalue weighted by molar-refractivity contribution is 5.93. The van der Waals surface area contributed by atoms with Gasteiger partial charge in [-0.25, -0.2) is 9.78 Å². The zero-order valence-electron chi connectivity index (χ0n) is 15.0. The Morgan fingerprint density at radius 3 is 2.72 bits per heavy atom. The van der Waals surface area contributed by atoms with Gasteiger partial charge in [-0.3, -0.25) is 0 Å². The maximum atomic E-state index is 12.0. The number of carbonyl (C=O) groups excluding carboxylic acids is 1. The van der Waals surface area contributed by atoms with Crippen LogP contribution in [-0.2, 0) is 4.74 Å². The summed E-state index contributed by atoms with van der Waals surface area (Å²) in [5.74, 6) is 0.359. The normalized spacial score (nSPS) is 11.1. The largest absolute Gasteiger partial charge is 0.618 e. The summed E-state index contributed by atoms with van der Waals surface area (Å²) in [4.78, 5) is 18.5. The first kappa shape index (κ1) is 18.4. The third-order valence-corrected chi connectivity index (χ3v) is 3.83. The quantitative estimate of drug-likeness (QED) is 0.459. The van der Waals surface area contributed by atoms with E-state index >= 15 is 0 Å². The first-order valence-corrected chi connectivity index (χ1v) is 8.20. The van der Waals surface area contributed by atoms with Gasteiger partial charge in [-0.05, 0) is 50.6 Å². The molecule has 0 radical (unpaired) electrons. The van der Waals surface area contributed by atoms with Crippen molar-refractivity contribution in [1.82, 2.24) is 4.98 Å². The molecular formula is C19H23N3O3. The molecule has 2 heterocycles. The van der Waals surface area contributed by atoms with Crippen LogP contribution in [0.25, 0.3) is 12.2 Å². The van der Waals surface area contributed by atoms with Gasteiger partial charge in [0.25, 0.3) is 0 Å². The Labute approximate surface area is 148 Å². The van der Waals surface area contributed by atoms with Gasteiger partial charge in [0.15, 0.2) is 6.20 Å². The lowest BCUT2D eigenvalue weighted by molar-refractivity contribution is -0.607. The van der Waals surface area contributed by atoms with Crippen LogP contribution in [0.1, 0.15) is 42.4 Å². The second-order valence-electron chi connectivity index (χ2n) is 5.84. The predicted octanol–water partition coefficient (Wildman–Crippen LogP) is 2.91. The van der Waals surface area contributed by atoms with E-state index in [-0.39, 0.29) is 17.9 Å². The van der Waals surface area contributed by atoms with Gasteiger partial charge in [-0.15, -0.1) is 0 Å². The SMILES string of the molecule is CCOC(=O)c1ccc[n+]([O-])c1C=Cc1ccc(N(C)C(C)C)nc1. The Kier molecular flexibility index (Phi) is 6.11. The first-order chi connectivity index (χ1) is 11.9. The van der Waals surface area contributed by atoms with Crippen molar-refractivity contribution in [2.24, 2.45) is 0 Å². The number of esters is 1. The average Bonchev–Trinajstić information content (AvgIpc) is 2.60. The summed E-state index contributed by atoms with van der Waals surface area (Å²) in [7, 11) is 1.98. The summed E-state index contributed by atoms with van der Waals surface area (Å²) in [5.41, 5.74) is 1.31. The average molecular weight is 341 g/mol. The molecule has 0 unspecified atom stereocenters. The molecule has 0 N–H and O–H groups in total. The molecule has 6 heteroatoms. The molecule has 25 heavy (non-hydrogen) atoms. The predicted molar refractivity (Wildman–Crippen MR) is 98.1 cm³/mol. The molecule has 6 nitrogen and oxygen atoms in total. The van der Waals surface area contributed by atoms with E-state index < -0.39 is 5.97 Å². The molecular weight excluding hydrogens is 318 g/mol. The van der Waals surface area contributed by atoms with Crippen LogP contribution in [-0.4, -0.2) is 30.6 Å². The van der Waals surface area contributed by atoms with E-state index in [4.69, 9.17) is 4.74 Å². The molecule has 0 aromatic carbocycles. The van der Waals surface area contributed by atoms with E-state index in [0.717, 1.165) is 11.4 Å². The van der Waals surface area contributed by atoms with Gasteiger partial charge >= 0.3 is 5.97 Å². The molecule has 0 aliphatic carbocycles. The zero-order valence-corrected chi connectivity index (χ0v) is 15.0. The van der Waals surface area contributed by atoms with E-state index in [9.17, 15) is 10.0 Å². The molecule has 0 bridgehead atoms. The van der Waals surface area contributed by atoms with E-state index in [2.05, 4.69) is 23.7 Å². The Morgan fingerprint density at radius 1 is 1.36 bits per heavy atom. The number of pyridine rings is 2. The second kappa shape index (κ2) is 8.28. The van der Waals surface area contributed by atoms with Crippen LogP contribution in [0.4, 0.5) is 5.82 Å². The van der Waals surface area contributed by atoms with E-state index in [0.29, 0.717) is 10.8 Å². The van der Waals surface area contributed by atoms with Crippen LogP contribution >= 0.6 is 0 Å². The summed E-state index contributed by atoms with van der Waals surface area (Å²) < 4.78 is 5.65. The van der Waals surface area contributed by atoms with Crippen LogP contribution in [0.5, 0.6) is 0 Å². The molecule has 2 rings (SSSR count). The Hall–Kier alpha value is -2.89. The standard InChI is InChI=1S/C19H23N3O3/c1-5-25-19(23)16-7-6-12-22(24)17(16)10-8-15-9-11-18(20-13-15)21(4)14(2)3/h6-14H,5H2,1-4H3. The highest BCUT2D eigenvalue weighted by Crippen LogP contribution is 2.15. The molecule has 132 valence electrons. The minimum atomic E-state index is -0.514. The lowest BCUT2D eigenvalue weighted by atomic mass is 10.1. The Balaban J connectivity index is 2.26. The van der Waals surface area contributed by atoms with Gasteiger partial charge in [-0.1, -0.05) is 0 Å². The zero-order chi connectivity index (χ0) is 18.4. The summed E-state index contributed by atoms with van der Waals surface area (Å²) in [6.07, 6.45) is 6.43. The molecule has 0 atom stereocenters. The van der Waals surface area contributed by atoms with E-state index in [1.54, 1.807) is 31.3 Å². The van der Waals surface area contributed by atoms with Gasteiger partial charge in [0, 0.05) is 31.4 Å². The molecule has 0 amide bonds. The smallest absolute Gasteiger partial charge is 0.344 e. The van der Waals surface area contributed by atoms with Gasteiger partial charge in [0.1, 0.15) is 11.4 Å². The fraction of sp³-hybridized carbons (Fsp3) is 0.316. The van der Waals surface area contributed by atoms with Crippen molar-refractivity contribution < 1.29 is 14.3 Å². The number of carbonyl (C=O) groups is 1. The van der Waals surface area contributed by atoms with Gasteiger partial charge < -0.3 is 14.8 Å². The molecule has 0 fully saturated rings. The summed E-state index contributed by atoms with van der Waals surface area (Å²) in [6.45, 7) is 6.16. The van der Waals surface area contributed by atoms with Crippen molar-refractivity contribution >= 4 is 23.9 Å². The fourth-order valence-electron chi connectivity index (χ4n) is 2.19. The van der Waals surface area contributed by atoms with Crippen LogP contribution < -0.4 is 9.63 Å². The van der Waals surface area contributed by atoms with Crippen molar-refractivity contribution in [3.05, 3.63) is 58.7 Å². The van der Waals surface area contributed by atoms with Crippen LogP contribution in [0.3, 0.4) is 0 Å².